The van der Waals surface area contributed by atoms with E-state index in [1.807, 2.05) is 30.3 Å². The molecule has 0 aliphatic heterocycles. The van der Waals surface area contributed by atoms with E-state index in [9.17, 15) is 4.39 Å². The van der Waals surface area contributed by atoms with Gasteiger partial charge in [-0.15, -0.1) is 0 Å². The van der Waals surface area contributed by atoms with Gasteiger partial charge in [0.2, 0.25) is 5.95 Å². The molecule has 0 N–H and O–H groups in total. The second-order valence-corrected chi connectivity index (χ2v) is 4.09. The van der Waals surface area contributed by atoms with Gasteiger partial charge in [-0.05, 0) is 12.1 Å². The van der Waals surface area contributed by atoms with Gasteiger partial charge in [0, 0.05) is 18.8 Å². The lowest BCUT2D eigenvalue weighted by atomic mass is 10.1. The van der Waals surface area contributed by atoms with Crippen molar-refractivity contribution in [3.05, 3.63) is 54.6 Å². The predicted molar refractivity (Wildman–Crippen MR) is 69.6 cm³/mol. The molecule has 3 rings (SSSR count). The molecule has 0 fully saturated rings. The van der Waals surface area contributed by atoms with E-state index < -0.39 is 5.95 Å². The van der Waals surface area contributed by atoms with Crippen LogP contribution >= 0.6 is 0 Å². The number of aryl methyl sites for hydroxylation is 1. The van der Waals surface area contributed by atoms with E-state index >= 15 is 0 Å². The maximum atomic E-state index is 13.8. The summed E-state index contributed by atoms with van der Waals surface area (Å²) in [6.45, 7) is 0. The third-order valence-electron chi connectivity index (χ3n) is 2.78. The van der Waals surface area contributed by atoms with Crippen molar-refractivity contribution in [1.29, 1.82) is 0 Å². The largest absolute Gasteiger partial charge is 0.228 e. The SMILES string of the molecule is Cn1nc(-c2ccccc2)c(-c2cccnc2F)n1. The first kappa shape index (κ1) is 11.5. The van der Waals surface area contributed by atoms with E-state index in [4.69, 9.17) is 0 Å². The normalized spacial score (nSPS) is 10.6. The Morgan fingerprint density at radius 3 is 2.42 bits per heavy atom. The first-order chi connectivity index (χ1) is 9.25. The molecule has 0 amide bonds. The molecule has 0 bridgehead atoms. The highest BCUT2D eigenvalue weighted by Crippen LogP contribution is 2.29. The van der Waals surface area contributed by atoms with E-state index in [2.05, 4.69) is 15.2 Å². The zero-order valence-electron chi connectivity index (χ0n) is 10.3. The van der Waals surface area contributed by atoms with Crippen molar-refractivity contribution in [1.82, 2.24) is 20.0 Å². The Morgan fingerprint density at radius 2 is 1.68 bits per heavy atom. The number of hydrogen-bond acceptors (Lipinski definition) is 3. The number of rotatable bonds is 2. The third kappa shape index (κ3) is 2.10. The topological polar surface area (TPSA) is 43.6 Å². The standard InChI is InChI=1S/C14H11FN4/c1-19-17-12(10-6-3-2-4-7-10)13(18-19)11-8-5-9-16-14(11)15/h2-9H,1H3. The Labute approximate surface area is 109 Å². The van der Waals surface area contributed by atoms with Gasteiger partial charge >= 0.3 is 0 Å². The van der Waals surface area contributed by atoms with Crippen LogP contribution in [0.2, 0.25) is 0 Å². The molecule has 0 aliphatic rings. The minimum atomic E-state index is -0.541. The van der Waals surface area contributed by atoms with Gasteiger partial charge in [0.15, 0.2) is 0 Å². The molecule has 0 radical (unpaired) electrons. The summed E-state index contributed by atoms with van der Waals surface area (Å²) in [5, 5.41) is 8.55. The number of pyridine rings is 1. The van der Waals surface area contributed by atoms with Crippen LogP contribution in [0.1, 0.15) is 0 Å². The number of aromatic nitrogens is 4. The van der Waals surface area contributed by atoms with Crippen LogP contribution in [0.4, 0.5) is 4.39 Å². The molecule has 2 heterocycles. The van der Waals surface area contributed by atoms with Gasteiger partial charge < -0.3 is 0 Å². The molecule has 0 aliphatic carbocycles. The van der Waals surface area contributed by atoms with Crippen molar-refractivity contribution >= 4 is 0 Å². The first-order valence-corrected chi connectivity index (χ1v) is 5.83. The molecule has 0 spiro atoms. The molecule has 3 aromatic rings. The van der Waals surface area contributed by atoms with Crippen LogP contribution in [-0.2, 0) is 7.05 Å². The average molecular weight is 254 g/mol. The molecule has 19 heavy (non-hydrogen) atoms. The van der Waals surface area contributed by atoms with Gasteiger partial charge in [-0.1, -0.05) is 30.3 Å². The molecule has 5 heteroatoms. The minimum absolute atomic E-state index is 0.356. The molecular weight excluding hydrogens is 243 g/mol. The first-order valence-electron chi connectivity index (χ1n) is 5.83. The van der Waals surface area contributed by atoms with Crippen molar-refractivity contribution < 1.29 is 4.39 Å². The monoisotopic (exact) mass is 254 g/mol. The lowest BCUT2D eigenvalue weighted by Crippen LogP contribution is -1.93. The zero-order chi connectivity index (χ0) is 13.2. The Balaban J connectivity index is 2.21. The molecule has 0 atom stereocenters. The van der Waals surface area contributed by atoms with Crippen LogP contribution in [0.15, 0.2) is 48.7 Å². The number of benzene rings is 1. The summed E-state index contributed by atoms with van der Waals surface area (Å²) < 4.78 is 13.8. The summed E-state index contributed by atoms with van der Waals surface area (Å²) in [6, 6.07) is 12.9. The van der Waals surface area contributed by atoms with Gasteiger partial charge in [0.25, 0.3) is 0 Å². The highest BCUT2D eigenvalue weighted by atomic mass is 19.1. The van der Waals surface area contributed by atoms with Gasteiger partial charge in [0.05, 0.1) is 5.56 Å². The summed E-state index contributed by atoms with van der Waals surface area (Å²) in [7, 11) is 1.71. The number of nitrogens with zero attached hydrogens (tertiary/aromatic N) is 4. The van der Waals surface area contributed by atoms with Crippen molar-refractivity contribution in [3.63, 3.8) is 0 Å². The van der Waals surface area contributed by atoms with Crippen LogP contribution in [0.25, 0.3) is 22.5 Å². The Hall–Kier alpha value is -2.56. The summed E-state index contributed by atoms with van der Waals surface area (Å²) in [4.78, 5) is 5.09. The van der Waals surface area contributed by atoms with E-state index in [1.165, 1.54) is 11.0 Å². The van der Waals surface area contributed by atoms with Crippen LogP contribution in [0, 0.1) is 5.95 Å². The summed E-state index contributed by atoms with van der Waals surface area (Å²) in [5.74, 6) is -0.541. The lowest BCUT2D eigenvalue weighted by molar-refractivity contribution is 0.586. The van der Waals surface area contributed by atoms with Crippen LogP contribution < -0.4 is 0 Å². The second-order valence-electron chi connectivity index (χ2n) is 4.09. The third-order valence-corrected chi connectivity index (χ3v) is 2.78. The lowest BCUT2D eigenvalue weighted by Gasteiger charge is -2.01. The fraction of sp³-hybridized carbons (Fsp3) is 0.0714. The smallest absolute Gasteiger partial charge is 0.222 e. The van der Waals surface area contributed by atoms with Gasteiger partial charge in [-0.2, -0.15) is 19.4 Å². The van der Waals surface area contributed by atoms with E-state index in [1.54, 1.807) is 19.2 Å². The van der Waals surface area contributed by atoms with Crippen molar-refractivity contribution in [2.45, 2.75) is 0 Å². The molecule has 94 valence electrons. The summed E-state index contributed by atoms with van der Waals surface area (Å²) in [5.41, 5.74) is 2.40. The van der Waals surface area contributed by atoms with Crippen molar-refractivity contribution in [3.8, 4) is 22.5 Å². The van der Waals surface area contributed by atoms with Crippen molar-refractivity contribution in [2.75, 3.05) is 0 Å². The zero-order valence-corrected chi connectivity index (χ0v) is 10.3. The summed E-state index contributed by atoms with van der Waals surface area (Å²) >= 11 is 0. The van der Waals surface area contributed by atoms with Gasteiger partial charge in [-0.3, -0.25) is 0 Å². The maximum Gasteiger partial charge on any atom is 0.222 e. The molecule has 1 aromatic carbocycles. The van der Waals surface area contributed by atoms with Crippen LogP contribution in [-0.4, -0.2) is 20.0 Å². The quantitative estimate of drug-likeness (QED) is 0.660. The highest BCUT2D eigenvalue weighted by molar-refractivity contribution is 5.77. The fourth-order valence-corrected chi connectivity index (χ4v) is 1.94. The number of halogens is 1. The van der Waals surface area contributed by atoms with E-state index in [-0.39, 0.29) is 0 Å². The molecule has 0 saturated heterocycles. The number of hydrogen-bond donors (Lipinski definition) is 0. The Bertz CT molecular complexity index is 706. The molecule has 0 saturated carbocycles. The average Bonchev–Trinajstić information content (AvgIpc) is 2.82. The van der Waals surface area contributed by atoms with Gasteiger partial charge in [0.1, 0.15) is 11.4 Å². The predicted octanol–water partition coefficient (Wildman–Crippen LogP) is 2.68. The molecular formula is C14H11FN4. The molecule has 4 nitrogen and oxygen atoms in total. The van der Waals surface area contributed by atoms with E-state index in [0.29, 0.717) is 17.0 Å². The van der Waals surface area contributed by atoms with E-state index in [0.717, 1.165) is 5.56 Å². The summed E-state index contributed by atoms with van der Waals surface area (Å²) in [6.07, 6.45) is 1.41. The second kappa shape index (κ2) is 4.61. The van der Waals surface area contributed by atoms with Crippen molar-refractivity contribution in [2.24, 2.45) is 7.05 Å². The Morgan fingerprint density at radius 1 is 0.947 bits per heavy atom. The molecule has 0 unspecified atom stereocenters. The highest BCUT2D eigenvalue weighted by Gasteiger charge is 2.17. The van der Waals surface area contributed by atoms with Crippen LogP contribution in [0.3, 0.4) is 0 Å². The Kier molecular flexibility index (Phi) is 2.79. The van der Waals surface area contributed by atoms with Gasteiger partial charge in [-0.25, -0.2) is 4.98 Å². The molecule has 2 aromatic heterocycles. The maximum absolute atomic E-state index is 13.8. The van der Waals surface area contributed by atoms with Crippen LogP contribution in [0.5, 0.6) is 0 Å². The minimum Gasteiger partial charge on any atom is -0.228 e. The fourth-order valence-electron chi connectivity index (χ4n) is 1.94.